The number of thiophene rings is 1. The second kappa shape index (κ2) is 5.55. The molecule has 108 valence electrons. The van der Waals surface area contributed by atoms with E-state index < -0.39 is 0 Å². The predicted molar refractivity (Wildman–Crippen MR) is 84.6 cm³/mol. The monoisotopic (exact) mass is 280 g/mol. The number of hydrogen-bond acceptors (Lipinski definition) is 3. The summed E-state index contributed by atoms with van der Waals surface area (Å²) >= 11 is 1.96. The topological polar surface area (TPSA) is 15.3 Å². The lowest BCUT2D eigenvalue weighted by Gasteiger charge is -2.31. The first-order valence-electron chi connectivity index (χ1n) is 7.34. The van der Waals surface area contributed by atoms with Gasteiger partial charge >= 0.3 is 0 Å². The third-order valence-electron chi connectivity index (χ3n) is 3.93. The van der Waals surface area contributed by atoms with Gasteiger partial charge in [0.15, 0.2) is 0 Å². The lowest BCUT2D eigenvalue weighted by atomic mass is 10.0. The zero-order valence-corrected chi connectivity index (χ0v) is 13.9. The second-order valence-electron chi connectivity index (χ2n) is 7.31. The maximum atomic E-state index is 3.56. The van der Waals surface area contributed by atoms with E-state index >= 15 is 0 Å². The molecule has 1 fully saturated rings. The van der Waals surface area contributed by atoms with Crippen LogP contribution < -0.4 is 5.32 Å². The van der Waals surface area contributed by atoms with Gasteiger partial charge in [0, 0.05) is 33.9 Å². The van der Waals surface area contributed by atoms with Crippen molar-refractivity contribution in [3.05, 3.63) is 21.9 Å². The number of nitrogens with zero attached hydrogens (tertiary/aromatic N) is 1. The van der Waals surface area contributed by atoms with E-state index in [0.29, 0.717) is 5.54 Å². The molecular formula is C16H28N2S. The molecular weight excluding hydrogens is 252 g/mol. The van der Waals surface area contributed by atoms with Gasteiger partial charge in [-0.2, -0.15) is 0 Å². The molecule has 1 aromatic rings. The van der Waals surface area contributed by atoms with E-state index in [1.165, 1.54) is 29.1 Å². The van der Waals surface area contributed by atoms with Crippen molar-refractivity contribution in [2.24, 2.45) is 0 Å². The lowest BCUT2D eigenvalue weighted by molar-refractivity contribution is 0.168. The Morgan fingerprint density at radius 3 is 2.53 bits per heavy atom. The van der Waals surface area contributed by atoms with E-state index in [0.717, 1.165) is 13.1 Å². The molecule has 1 aromatic heterocycles. The van der Waals surface area contributed by atoms with Gasteiger partial charge in [-0.25, -0.2) is 0 Å². The first kappa shape index (κ1) is 15.0. The van der Waals surface area contributed by atoms with Gasteiger partial charge in [0.2, 0.25) is 0 Å². The average molecular weight is 280 g/mol. The van der Waals surface area contributed by atoms with Crippen LogP contribution in [0.25, 0.3) is 0 Å². The summed E-state index contributed by atoms with van der Waals surface area (Å²) in [5.74, 6) is 0. The molecule has 2 heterocycles. The molecule has 0 saturated carbocycles. The smallest absolute Gasteiger partial charge is 0.0333 e. The van der Waals surface area contributed by atoms with Gasteiger partial charge in [0.05, 0.1) is 0 Å². The van der Waals surface area contributed by atoms with Gasteiger partial charge in [-0.1, -0.05) is 0 Å². The minimum atomic E-state index is 0.196. The molecule has 2 nitrogen and oxygen atoms in total. The third kappa shape index (κ3) is 4.30. The Morgan fingerprint density at radius 1 is 1.26 bits per heavy atom. The van der Waals surface area contributed by atoms with Crippen LogP contribution in [0.4, 0.5) is 0 Å². The van der Waals surface area contributed by atoms with Gasteiger partial charge < -0.3 is 5.32 Å². The number of rotatable bonds is 4. The highest BCUT2D eigenvalue weighted by Gasteiger charge is 2.31. The highest BCUT2D eigenvalue weighted by Crippen LogP contribution is 2.31. The summed E-state index contributed by atoms with van der Waals surface area (Å²) in [4.78, 5) is 5.57. The van der Waals surface area contributed by atoms with Crippen LogP contribution in [0.5, 0.6) is 0 Å². The Labute approximate surface area is 122 Å². The van der Waals surface area contributed by atoms with Crippen LogP contribution in [0.1, 0.15) is 57.2 Å². The fraction of sp³-hybridized carbons (Fsp3) is 0.750. The van der Waals surface area contributed by atoms with Crippen LogP contribution in [0, 0.1) is 0 Å². The maximum absolute atomic E-state index is 3.56. The molecule has 3 heteroatoms. The van der Waals surface area contributed by atoms with Crippen molar-refractivity contribution < 1.29 is 0 Å². The molecule has 0 amide bonds. The average Bonchev–Trinajstić information content (AvgIpc) is 2.83. The van der Waals surface area contributed by atoms with Gasteiger partial charge in [-0.15, -0.1) is 11.3 Å². The van der Waals surface area contributed by atoms with Crippen LogP contribution in [-0.4, -0.2) is 22.5 Å². The van der Waals surface area contributed by atoms with Gasteiger partial charge in [0.1, 0.15) is 0 Å². The molecule has 0 unspecified atom stereocenters. The van der Waals surface area contributed by atoms with Crippen LogP contribution in [0.3, 0.4) is 0 Å². The molecule has 0 radical (unpaired) electrons. The molecule has 0 spiro atoms. The Hall–Kier alpha value is -0.380. The Morgan fingerprint density at radius 2 is 1.95 bits per heavy atom. The number of hydrogen-bond donors (Lipinski definition) is 1. The largest absolute Gasteiger partial charge is 0.307 e. The van der Waals surface area contributed by atoms with Gasteiger partial charge in [-0.3, -0.25) is 4.90 Å². The standard InChI is InChI=1S/C16H28N2S/c1-15(2,3)17-11-13-7-8-14(19-13)12-18-10-6-9-16(18,4)5/h7-8,17H,6,9-12H2,1-5H3. The van der Waals surface area contributed by atoms with Crippen LogP contribution in [-0.2, 0) is 13.1 Å². The summed E-state index contributed by atoms with van der Waals surface area (Å²) in [5.41, 5.74) is 0.578. The summed E-state index contributed by atoms with van der Waals surface area (Å²) in [6.45, 7) is 14.7. The van der Waals surface area contributed by atoms with Crippen molar-refractivity contribution in [3.8, 4) is 0 Å². The second-order valence-corrected chi connectivity index (χ2v) is 8.56. The van der Waals surface area contributed by atoms with E-state index in [4.69, 9.17) is 0 Å². The van der Waals surface area contributed by atoms with Crippen molar-refractivity contribution in [2.45, 2.75) is 71.6 Å². The molecule has 1 aliphatic heterocycles. The summed E-state index contributed by atoms with van der Waals surface area (Å²) in [6.07, 6.45) is 2.67. The van der Waals surface area contributed by atoms with Crippen molar-refractivity contribution >= 4 is 11.3 Å². The van der Waals surface area contributed by atoms with E-state index in [1.807, 2.05) is 11.3 Å². The Kier molecular flexibility index (Phi) is 4.38. The highest BCUT2D eigenvalue weighted by molar-refractivity contribution is 7.11. The zero-order chi connectivity index (χ0) is 14.1. The van der Waals surface area contributed by atoms with Gasteiger partial charge in [0.25, 0.3) is 0 Å². The summed E-state index contributed by atoms with van der Waals surface area (Å²) in [6, 6.07) is 4.58. The molecule has 0 aliphatic carbocycles. The normalized spacial score (nSPS) is 20.1. The first-order valence-corrected chi connectivity index (χ1v) is 8.16. The Balaban J connectivity index is 1.91. The lowest BCUT2D eigenvalue weighted by Crippen LogP contribution is -2.37. The summed E-state index contributed by atoms with van der Waals surface area (Å²) in [7, 11) is 0. The molecule has 1 N–H and O–H groups in total. The third-order valence-corrected chi connectivity index (χ3v) is 5.00. The van der Waals surface area contributed by atoms with Crippen molar-refractivity contribution in [1.82, 2.24) is 10.2 Å². The van der Waals surface area contributed by atoms with Crippen molar-refractivity contribution in [1.29, 1.82) is 0 Å². The molecule has 0 atom stereocenters. The highest BCUT2D eigenvalue weighted by atomic mass is 32.1. The molecule has 0 aromatic carbocycles. The minimum Gasteiger partial charge on any atom is -0.307 e. The van der Waals surface area contributed by atoms with E-state index in [9.17, 15) is 0 Å². The SMILES string of the molecule is CC(C)(C)NCc1ccc(CN2CCCC2(C)C)s1. The minimum absolute atomic E-state index is 0.196. The maximum Gasteiger partial charge on any atom is 0.0333 e. The van der Waals surface area contributed by atoms with Crippen molar-refractivity contribution in [3.63, 3.8) is 0 Å². The van der Waals surface area contributed by atoms with Gasteiger partial charge in [-0.05, 0) is 66.1 Å². The van der Waals surface area contributed by atoms with Crippen LogP contribution in [0.15, 0.2) is 12.1 Å². The Bertz CT molecular complexity index is 415. The molecule has 0 bridgehead atoms. The fourth-order valence-electron chi connectivity index (χ4n) is 2.60. The zero-order valence-electron chi connectivity index (χ0n) is 13.0. The quantitative estimate of drug-likeness (QED) is 0.896. The van der Waals surface area contributed by atoms with E-state index in [1.54, 1.807) is 0 Å². The molecule has 19 heavy (non-hydrogen) atoms. The first-order chi connectivity index (χ1) is 8.76. The summed E-state index contributed by atoms with van der Waals surface area (Å²) < 4.78 is 0. The fourth-order valence-corrected chi connectivity index (χ4v) is 3.57. The van der Waals surface area contributed by atoms with Crippen molar-refractivity contribution in [2.75, 3.05) is 6.54 Å². The number of likely N-dealkylation sites (tertiary alicyclic amines) is 1. The van der Waals surface area contributed by atoms with Crippen LogP contribution >= 0.6 is 11.3 Å². The summed E-state index contributed by atoms with van der Waals surface area (Å²) in [5, 5.41) is 3.56. The number of nitrogens with one attached hydrogen (secondary N) is 1. The van der Waals surface area contributed by atoms with Crippen LogP contribution in [0.2, 0.25) is 0 Å². The predicted octanol–water partition coefficient (Wildman–Crippen LogP) is 4.01. The molecule has 1 aliphatic rings. The van der Waals surface area contributed by atoms with E-state index in [-0.39, 0.29) is 5.54 Å². The molecule has 2 rings (SSSR count). The molecule has 1 saturated heterocycles. The van der Waals surface area contributed by atoms with E-state index in [2.05, 4.69) is 57.0 Å².